The Morgan fingerprint density at radius 2 is 1.48 bits per heavy atom. The molecule has 21 heavy (non-hydrogen) atoms. The molecule has 0 bridgehead atoms. The zero-order valence-corrected chi connectivity index (χ0v) is 10.7. The monoisotopic (exact) mass is 288 g/mol. The summed E-state index contributed by atoms with van der Waals surface area (Å²) in [6.45, 7) is 0. The SMILES string of the molecule is Oc1ccc(Cc2oc3c(O)c(O)ccc3c2O)cc1O. The van der Waals surface area contributed by atoms with Crippen LogP contribution in [-0.2, 0) is 6.42 Å². The van der Waals surface area contributed by atoms with Gasteiger partial charge in [0.25, 0.3) is 0 Å². The molecule has 0 saturated carbocycles. The summed E-state index contributed by atoms with van der Waals surface area (Å²) in [7, 11) is 0. The lowest BCUT2D eigenvalue weighted by Gasteiger charge is -2.02. The van der Waals surface area contributed by atoms with Crippen molar-refractivity contribution < 1.29 is 29.9 Å². The van der Waals surface area contributed by atoms with Gasteiger partial charge in [0, 0.05) is 6.42 Å². The van der Waals surface area contributed by atoms with Crippen LogP contribution in [0.3, 0.4) is 0 Å². The lowest BCUT2D eigenvalue weighted by molar-refractivity contribution is 0.396. The molecule has 0 fully saturated rings. The molecule has 0 aliphatic rings. The van der Waals surface area contributed by atoms with Gasteiger partial charge in [-0.2, -0.15) is 0 Å². The van der Waals surface area contributed by atoms with E-state index < -0.39 is 5.75 Å². The third-order valence-corrected chi connectivity index (χ3v) is 3.26. The largest absolute Gasteiger partial charge is 0.504 e. The normalized spacial score (nSPS) is 11.0. The number of phenols is 4. The van der Waals surface area contributed by atoms with Crippen molar-refractivity contribution in [3.63, 3.8) is 0 Å². The molecule has 0 aliphatic carbocycles. The highest BCUT2D eigenvalue weighted by molar-refractivity contribution is 5.91. The van der Waals surface area contributed by atoms with Crippen molar-refractivity contribution in [2.24, 2.45) is 0 Å². The van der Waals surface area contributed by atoms with E-state index in [0.717, 1.165) is 0 Å². The van der Waals surface area contributed by atoms with E-state index in [1.807, 2.05) is 0 Å². The van der Waals surface area contributed by atoms with Crippen molar-refractivity contribution in [2.75, 3.05) is 0 Å². The Kier molecular flexibility index (Phi) is 2.79. The van der Waals surface area contributed by atoms with Crippen LogP contribution in [0.4, 0.5) is 0 Å². The minimum atomic E-state index is -0.442. The van der Waals surface area contributed by atoms with E-state index in [2.05, 4.69) is 0 Å². The lowest BCUT2D eigenvalue weighted by Crippen LogP contribution is -1.86. The molecule has 0 unspecified atom stereocenters. The molecule has 0 saturated heterocycles. The van der Waals surface area contributed by atoms with E-state index in [0.29, 0.717) is 5.56 Å². The summed E-state index contributed by atoms with van der Waals surface area (Å²) in [5, 5.41) is 48.2. The minimum Gasteiger partial charge on any atom is -0.504 e. The fourth-order valence-electron chi connectivity index (χ4n) is 2.16. The summed E-state index contributed by atoms with van der Waals surface area (Å²) in [5.74, 6) is -1.27. The van der Waals surface area contributed by atoms with Gasteiger partial charge in [-0.25, -0.2) is 0 Å². The number of rotatable bonds is 2. The number of hydrogen-bond donors (Lipinski definition) is 5. The summed E-state index contributed by atoms with van der Waals surface area (Å²) in [6.07, 6.45) is 0.147. The number of benzene rings is 2. The van der Waals surface area contributed by atoms with Gasteiger partial charge in [-0.3, -0.25) is 0 Å². The van der Waals surface area contributed by atoms with Crippen molar-refractivity contribution in [3.8, 4) is 28.7 Å². The highest BCUT2D eigenvalue weighted by Crippen LogP contribution is 2.42. The van der Waals surface area contributed by atoms with E-state index in [9.17, 15) is 25.5 Å². The molecule has 0 amide bonds. The molecule has 0 radical (unpaired) electrons. The van der Waals surface area contributed by atoms with Gasteiger partial charge in [-0.15, -0.1) is 0 Å². The summed E-state index contributed by atoms with van der Waals surface area (Å²) in [6, 6.07) is 6.93. The molecule has 5 N–H and O–H groups in total. The second kappa shape index (κ2) is 4.52. The average molecular weight is 288 g/mol. The van der Waals surface area contributed by atoms with Crippen molar-refractivity contribution in [2.45, 2.75) is 6.42 Å². The predicted molar refractivity (Wildman–Crippen MR) is 73.8 cm³/mol. The maximum atomic E-state index is 10.1. The van der Waals surface area contributed by atoms with Crippen molar-refractivity contribution in [1.82, 2.24) is 0 Å². The highest BCUT2D eigenvalue weighted by Gasteiger charge is 2.18. The van der Waals surface area contributed by atoms with Crippen LogP contribution < -0.4 is 0 Å². The van der Waals surface area contributed by atoms with Crippen LogP contribution in [0.25, 0.3) is 11.0 Å². The summed E-state index contributed by atoms with van der Waals surface area (Å²) >= 11 is 0. The molecular weight excluding hydrogens is 276 g/mol. The van der Waals surface area contributed by atoms with Gasteiger partial charge < -0.3 is 29.9 Å². The second-order valence-electron chi connectivity index (χ2n) is 4.68. The molecule has 3 aromatic rings. The number of furan rings is 1. The first-order chi connectivity index (χ1) is 9.97. The third-order valence-electron chi connectivity index (χ3n) is 3.26. The highest BCUT2D eigenvalue weighted by atomic mass is 16.4. The van der Waals surface area contributed by atoms with Crippen molar-refractivity contribution in [1.29, 1.82) is 0 Å². The second-order valence-corrected chi connectivity index (χ2v) is 4.68. The predicted octanol–water partition coefficient (Wildman–Crippen LogP) is 2.55. The molecule has 2 aromatic carbocycles. The summed E-state index contributed by atoms with van der Waals surface area (Å²) in [5.41, 5.74) is 0.592. The molecule has 0 spiro atoms. The Hall–Kier alpha value is -3.02. The fourth-order valence-corrected chi connectivity index (χ4v) is 2.16. The first-order valence-electron chi connectivity index (χ1n) is 6.13. The fraction of sp³-hybridized carbons (Fsp3) is 0.0667. The van der Waals surface area contributed by atoms with E-state index >= 15 is 0 Å². The van der Waals surface area contributed by atoms with Crippen LogP contribution in [0.5, 0.6) is 28.7 Å². The maximum absolute atomic E-state index is 10.1. The number of aromatic hydroxyl groups is 5. The molecule has 1 aromatic heterocycles. The molecule has 0 aliphatic heterocycles. The Labute approximate surface area is 118 Å². The van der Waals surface area contributed by atoms with Gasteiger partial charge in [0.05, 0.1) is 5.39 Å². The Bertz CT molecular complexity index is 834. The Balaban J connectivity index is 2.06. The zero-order chi connectivity index (χ0) is 15.1. The number of phenolic OH excluding ortho intramolecular Hbond substituents is 4. The van der Waals surface area contributed by atoms with Gasteiger partial charge in [0.2, 0.25) is 5.75 Å². The summed E-state index contributed by atoms with van der Waals surface area (Å²) in [4.78, 5) is 0. The molecule has 0 atom stereocenters. The number of hydrogen-bond acceptors (Lipinski definition) is 6. The molecular formula is C15H12O6. The topological polar surface area (TPSA) is 114 Å². The van der Waals surface area contributed by atoms with Crippen LogP contribution >= 0.6 is 0 Å². The lowest BCUT2D eigenvalue weighted by atomic mass is 10.1. The van der Waals surface area contributed by atoms with Crippen LogP contribution in [-0.4, -0.2) is 25.5 Å². The molecule has 1 heterocycles. The van der Waals surface area contributed by atoms with Crippen LogP contribution in [0.1, 0.15) is 11.3 Å². The smallest absolute Gasteiger partial charge is 0.201 e. The molecule has 108 valence electrons. The third kappa shape index (κ3) is 2.06. The number of fused-ring (bicyclic) bond motifs is 1. The first-order valence-corrected chi connectivity index (χ1v) is 6.13. The molecule has 6 nitrogen and oxygen atoms in total. The van der Waals surface area contributed by atoms with Crippen LogP contribution in [0.15, 0.2) is 34.7 Å². The van der Waals surface area contributed by atoms with E-state index in [4.69, 9.17) is 4.42 Å². The zero-order valence-electron chi connectivity index (χ0n) is 10.7. The Morgan fingerprint density at radius 3 is 2.19 bits per heavy atom. The average Bonchev–Trinajstić information content (AvgIpc) is 2.76. The van der Waals surface area contributed by atoms with E-state index in [-0.39, 0.29) is 46.1 Å². The summed E-state index contributed by atoms with van der Waals surface area (Å²) < 4.78 is 5.38. The Morgan fingerprint density at radius 1 is 0.762 bits per heavy atom. The first kappa shape index (κ1) is 13.0. The van der Waals surface area contributed by atoms with Gasteiger partial charge in [-0.1, -0.05) is 6.07 Å². The van der Waals surface area contributed by atoms with Gasteiger partial charge >= 0.3 is 0 Å². The molecule has 6 heteroatoms. The van der Waals surface area contributed by atoms with Crippen molar-refractivity contribution >= 4 is 11.0 Å². The quantitative estimate of drug-likeness (QED) is 0.463. The van der Waals surface area contributed by atoms with E-state index in [1.54, 1.807) is 6.07 Å². The molecule has 3 rings (SSSR count). The van der Waals surface area contributed by atoms with Gasteiger partial charge in [0.15, 0.2) is 34.3 Å². The minimum absolute atomic E-state index is 0.00880. The van der Waals surface area contributed by atoms with Crippen molar-refractivity contribution in [3.05, 3.63) is 41.7 Å². The van der Waals surface area contributed by atoms with Gasteiger partial charge in [-0.05, 0) is 29.8 Å². The van der Waals surface area contributed by atoms with Crippen LogP contribution in [0, 0.1) is 0 Å². The maximum Gasteiger partial charge on any atom is 0.201 e. The van der Waals surface area contributed by atoms with Gasteiger partial charge in [0.1, 0.15) is 0 Å². The van der Waals surface area contributed by atoms with E-state index in [1.165, 1.54) is 24.3 Å². The van der Waals surface area contributed by atoms with Crippen LogP contribution in [0.2, 0.25) is 0 Å². The standard InChI is InChI=1S/C15H12O6/c16-9-3-1-7(5-11(9)18)6-12-13(19)8-2-4-10(17)14(20)15(8)21-12/h1-5,16-20H,6H2.